The van der Waals surface area contributed by atoms with E-state index in [9.17, 15) is 0 Å². The van der Waals surface area contributed by atoms with Gasteiger partial charge in [0.15, 0.2) is 11.4 Å². The van der Waals surface area contributed by atoms with Crippen molar-refractivity contribution in [1.29, 1.82) is 0 Å². The lowest BCUT2D eigenvalue weighted by Gasteiger charge is -1.99. The van der Waals surface area contributed by atoms with Crippen LogP contribution in [0.5, 0.6) is 0 Å². The number of hydrogen-bond donors (Lipinski definition) is 1. The van der Waals surface area contributed by atoms with Crippen molar-refractivity contribution >= 4 is 27.9 Å². The van der Waals surface area contributed by atoms with Crippen LogP contribution in [0.2, 0.25) is 0 Å². The fourth-order valence-corrected chi connectivity index (χ4v) is 2.00. The number of nitrogen functional groups attached to an aromatic ring is 1. The number of hydrogen-bond acceptors (Lipinski definition) is 4. The van der Waals surface area contributed by atoms with Crippen LogP contribution in [0.4, 0.5) is 5.82 Å². The fraction of sp³-hybridized carbons (Fsp3) is 0.231. The summed E-state index contributed by atoms with van der Waals surface area (Å²) in [4.78, 5) is 8.79. The molecule has 0 unspecified atom stereocenters. The quantitative estimate of drug-likeness (QED) is 0.731. The van der Waals surface area contributed by atoms with Crippen LogP contribution < -0.4 is 5.73 Å². The molecule has 0 atom stereocenters. The van der Waals surface area contributed by atoms with E-state index in [1.165, 1.54) is 0 Å². The summed E-state index contributed by atoms with van der Waals surface area (Å²) in [5, 5.41) is 0.994. The third-order valence-corrected chi connectivity index (χ3v) is 2.77. The maximum absolute atomic E-state index is 5.91. The van der Waals surface area contributed by atoms with Crippen LogP contribution >= 0.6 is 0 Å². The van der Waals surface area contributed by atoms with Gasteiger partial charge in [0.1, 0.15) is 16.9 Å². The summed E-state index contributed by atoms with van der Waals surface area (Å²) in [5.74, 6) is 1.21. The highest BCUT2D eigenvalue weighted by Crippen LogP contribution is 2.29. The molecule has 0 radical (unpaired) electrons. The van der Waals surface area contributed by atoms with E-state index in [1.807, 2.05) is 24.3 Å². The first kappa shape index (κ1) is 10.1. The number of nitrogens with zero attached hydrogens (tertiary/aromatic N) is 2. The highest BCUT2D eigenvalue weighted by Gasteiger charge is 2.12. The van der Waals surface area contributed by atoms with Crippen LogP contribution in [0.3, 0.4) is 0 Å². The lowest BCUT2D eigenvalue weighted by atomic mass is 10.2. The smallest absolute Gasteiger partial charge is 0.195 e. The van der Waals surface area contributed by atoms with Crippen molar-refractivity contribution in [3.05, 3.63) is 30.1 Å². The molecule has 0 fully saturated rings. The average molecular weight is 227 g/mol. The van der Waals surface area contributed by atoms with E-state index in [1.54, 1.807) is 0 Å². The molecule has 0 aliphatic heterocycles. The summed E-state index contributed by atoms with van der Waals surface area (Å²) in [6, 6.07) is 7.80. The molecule has 17 heavy (non-hydrogen) atoms. The molecular formula is C13H13N3O. The minimum atomic E-state index is 0.426. The van der Waals surface area contributed by atoms with Crippen LogP contribution in [0.25, 0.3) is 22.1 Å². The molecule has 0 amide bonds. The summed E-state index contributed by atoms with van der Waals surface area (Å²) in [5.41, 5.74) is 8.11. The molecule has 0 aliphatic carbocycles. The van der Waals surface area contributed by atoms with Crippen molar-refractivity contribution in [2.24, 2.45) is 0 Å². The minimum absolute atomic E-state index is 0.426. The van der Waals surface area contributed by atoms with Gasteiger partial charge in [0, 0.05) is 11.8 Å². The Kier molecular flexibility index (Phi) is 2.21. The van der Waals surface area contributed by atoms with Gasteiger partial charge in [-0.05, 0) is 18.6 Å². The van der Waals surface area contributed by atoms with Gasteiger partial charge in [0.25, 0.3) is 0 Å². The molecule has 2 heterocycles. The molecule has 3 rings (SSSR count). The largest absolute Gasteiger partial charge is 0.450 e. The zero-order chi connectivity index (χ0) is 11.8. The number of rotatable bonds is 2. The molecule has 4 nitrogen and oxygen atoms in total. The number of para-hydroxylation sites is 1. The van der Waals surface area contributed by atoms with E-state index >= 15 is 0 Å². The number of aromatic nitrogens is 2. The predicted octanol–water partition coefficient (Wildman–Crippen LogP) is 2.91. The first-order valence-electron chi connectivity index (χ1n) is 5.73. The van der Waals surface area contributed by atoms with E-state index < -0.39 is 0 Å². The molecule has 1 aromatic carbocycles. The molecule has 3 aromatic rings. The third-order valence-electron chi connectivity index (χ3n) is 2.77. The van der Waals surface area contributed by atoms with Crippen molar-refractivity contribution in [3.8, 4) is 0 Å². The van der Waals surface area contributed by atoms with Crippen LogP contribution in [0.15, 0.2) is 28.7 Å². The van der Waals surface area contributed by atoms with Gasteiger partial charge < -0.3 is 10.2 Å². The molecule has 2 N–H and O–H groups in total. The number of furan rings is 1. The topological polar surface area (TPSA) is 64.9 Å². The molecule has 0 bridgehead atoms. The number of aryl methyl sites for hydroxylation is 1. The Morgan fingerprint density at radius 2 is 2.06 bits per heavy atom. The monoisotopic (exact) mass is 227 g/mol. The summed E-state index contributed by atoms with van der Waals surface area (Å²) < 4.78 is 5.67. The van der Waals surface area contributed by atoms with Gasteiger partial charge in [0.05, 0.1) is 0 Å². The van der Waals surface area contributed by atoms with Crippen molar-refractivity contribution in [3.63, 3.8) is 0 Å². The lowest BCUT2D eigenvalue weighted by molar-refractivity contribution is 0.666. The van der Waals surface area contributed by atoms with E-state index in [4.69, 9.17) is 10.2 Å². The predicted molar refractivity (Wildman–Crippen MR) is 67.7 cm³/mol. The molecule has 2 aromatic heterocycles. The maximum atomic E-state index is 5.91. The Labute approximate surface area is 98.5 Å². The van der Waals surface area contributed by atoms with Gasteiger partial charge in [-0.25, -0.2) is 9.97 Å². The molecule has 0 spiro atoms. The van der Waals surface area contributed by atoms with E-state index in [0.717, 1.165) is 35.2 Å². The average Bonchev–Trinajstić information content (AvgIpc) is 2.69. The summed E-state index contributed by atoms with van der Waals surface area (Å²) in [6.07, 6.45) is 1.83. The maximum Gasteiger partial charge on any atom is 0.195 e. The van der Waals surface area contributed by atoms with Crippen LogP contribution in [-0.2, 0) is 6.42 Å². The number of anilines is 1. The summed E-state index contributed by atoms with van der Waals surface area (Å²) in [6.45, 7) is 2.09. The highest BCUT2D eigenvalue weighted by molar-refractivity contribution is 6.05. The van der Waals surface area contributed by atoms with Gasteiger partial charge in [-0.1, -0.05) is 19.1 Å². The standard InChI is InChI=1S/C13H13N3O/c1-2-5-10-15-11-8-6-3-4-7-9(8)17-12(11)13(14)16-10/h3-4,6-7H,2,5H2,1H3,(H2,14,15,16). The van der Waals surface area contributed by atoms with Crippen molar-refractivity contribution in [2.75, 3.05) is 5.73 Å². The van der Waals surface area contributed by atoms with Crippen molar-refractivity contribution in [2.45, 2.75) is 19.8 Å². The summed E-state index contributed by atoms with van der Waals surface area (Å²) >= 11 is 0. The van der Waals surface area contributed by atoms with Crippen LogP contribution in [-0.4, -0.2) is 9.97 Å². The molecule has 0 saturated carbocycles. The van der Waals surface area contributed by atoms with E-state index in [-0.39, 0.29) is 0 Å². The van der Waals surface area contributed by atoms with Crippen molar-refractivity contribution < 1.29 is 4.42 Å². The SMILES string of the molecule is CCCc1nc(N)c2oc3ccccc3c2n1. The van der Waals surface area contributed by atoms with E-state index in [2.05, 4.69) is 16.9 Å². The Morgan fingerprint density at radius 3 is 2.88 bits per heavy atom. The molecule has 0 saturated heterocycles. The zero-order valence-corrected chi connectivity index (χ0v) is 9.60. The Morgan fingerprint density at radius 1 is 1.24 bits per heavy atom. The van der Waals surface area contributed by atoms with Gasteiger partial charge in [-0.3, -0.25) is 0 Å². The summed E-state index contributed by atoms with van der Waals surface area (Å²) in [7, 11) is 0. The second-order valence-corrected chi connectivity index (χ2v) is 4.05. The zero-order valence-electron chi connectivity index (χ0n) is 9.60. The van der Waals surface area contributed by atoms with Gasteiger partial charge in [-0.15, -0.1) is 0 Å². The van der Waals surface area contributed by atoms with Gasteiger partial charge in [0.2, 0.25) is 0 Å². The highest BCUT2D eigenvalue weighted by atomic mass is 16.3. The first-order valence-corrected chi connectivity index (χ1v) is 5.73. The molecule has 86 valence electrons. The molecule has 0 aliphatic rings. The minimum Gasteiger partial charge on any atom is -0.450 e. The Bertz CT molecular complexity index is 688. The Hall–Kier alpha value is -2.10. The number of nitrogens with two attached hydrogens (primary N) is 1. The van der Waals surface area contributed by atoms with E-state index in [0.29, 0.717) is 11.4 Å². The number of benzene rings is 1. The fourth-order valence-electron chi connectivity index (χ4n) is 2.00. The Balaban J connectivity index is 2.37. The van der Waals surface area contributed by atoms with Gasteiger partial charge in [-0.2, -0.15) is 0 Å². The first-order chi connectivity index (χ1) is 8.29. The second-order valence-electron chi connectivity index (χ2n) is 4.05. The normalized spacial score (nSPS) is 11.4. The van der Waals surface area contributed by atoms with Crippen LogP contribution in [0.1, 0.15) is 19.2 Å². The second kappa shape index (κ2) is 3.73. The third kappa shape index (κ3) is 1.53. The van der Waals surface area contributed by atoms with Gasteiger partial charge >= 0.3 is 0 Å². The van der Waals surface area contributed by atoms with Crippen LogP contribution in [0, 0.1) is 0 Å². The molecular weight excluding hydrogens is 214 g/mol. The molecule has 4 heteroatoms. The number of fused-ring (bicyclic) bond motifs is 3. The van der Waals surface area contributed by atoms with Crippen molar-refractivity contribution in [1.82, 2.24) is 9.97 Å². The lowest BCUT2D eigenvalue weighted by Crippen LogP contribution is -1.99.